The van der Waals surface area contributed by atoms with E-state index in [1.807, 2.05) is 12.1 Å². The molecule has 0 unspecified atom stereocenters. The van der Waals surface area contributed by atoms with E-state index in [1.54, 1.807) is 29.0 Å². The van der Waals surface area contributed by atoms with Crippen molar-refractivity contribution in [3.8, 4) is 5.69 Å². The van der Waals surface area contributed by atoms with Crippen molar-refractivity contribution in [3.63, 3.8) is 0 Å². The summed E-state index contributed by atoms with van der Waals surface area (Å²) in [5.41, 5.74) is 1.37. The Balaban J connectivity index is 2.62. The van der Waals surface area contributed by atoms with Crippen molar-refractivity contribution >= 4 is 33.8 Å². The molecule has 0 saturated heterocycles. The molecule has 0 bridgehead atoms. The summed E-state index contributed by atoms with van der Waals surface area (Å²) in [5, 5.41) is 0.609. The second kappa shape index (κ2) is 4.21. The lowest BCUT2D eigenvalue weighted by Gasteiger charge is -2.08. The van der Waals surface area contributed by atoms with Crippen molar-refractivity contribution < 1.29 is 4.79 Å². The van der Waals surface area contributed by atoms with Crippen molar-refractivity contribution in [1.29, 1.82) is 0 Å². The van der Waals surface area contributed by atoms with Gasteiger partial charge in [0.05, 0.1) is 16.4 Å². The first-order valence-electron chi connectivity index (χ1n) is 4.30. The molecule has 0 atom stereocenters. The third-order valence-electron chi connectivity index (χ3n) is 2.07. The van der Waals surface area contributed by atoms with Crippen LogP contribution in [0.25, 0.3) is 5.69 Å². The molecule has 0 aliphatic rings. The third-order valence-corrected chi connectivity index (χ3v) is 2.88. The minimum atomic E-state index is 0.579. The van der Waals surface area contributed by atoms with Crippen LogP contribution in [0, 0.1) is 0 Å². The SMILES string of the molecule is O=Cc1cccn1-c1cc(Br)ccc1Cl. The Hall–Kier alpha value is -1.06. The van der Waals surface area contributed by atoms with Gasteiger partial charge in [-0.1, -0.05) is 27.5 Å². The first kappa shape index (κ1) is 10.5. The topological polar surface area (TPSA) is 22.0 Å². The first-order valence-corrected chi connectivity index (χ1v) is 5.47. The van der Waals surface area contributed by atoms with Crippen LogP contribution in [0.3, 0.4) is 0 Å². The lowest BCUT2D eigenvalue weighted by Crippen LogP contribution is -1.98. The number of aromatic nitrogens is 1. The fourth-order valence-electron chi connectivity index (χ4n) is 1.38. The molecule has 0 aliphatic carbocycles. The zero-order valence-electron chi connectivity index (χ0n) is 7.65. The van der Waals surface area contributed by atoms with E-state index in [1.165, 1.54) is 0 Å². The number of carbonyl (C=O) groups excluding carboxylic acids is 1. The van der Waals surface area contributed by atoms with Crippen LogP contribution in [0.5, 0.6) is 0 Å². The summed E-state index contributed by atoms with van der Waals surface area (Å²) in [7, 11) is 0. The predicted molar refractivity (Wildman–Crippen MR) is 63.9 cm³/mol. The van der Waals surface area contributed by atoms with Crippen molar-refractivity contribution in [2.75, 3.05) is 0 Å². The van der Waals surface area contributed by atoms with Gasteiger partial charge in [0.2, 0.25) is 0 Å². The molecule has 1 aromatic carbocycles. The average Bonchev–Trinajstić information content (AvgIpc) is 2.69. The number of hydrogen-bond donors (Lipinski definition) is 0. The molecule has 0 fully saturated rings. The fraction of sp³-hybridized carbons (Fsp3) is 0. The van der Waals surface area contributed by atoms with E-state index in [2.05, 4.69) is 15.9 Å². The van der Waals surface area contributed by atoms with Gasteiger partial charge in [-0.25, -0.2) is 0 Å². The molecule has 0 aliphatic heterocycles. The van der Waals surface area contributed by atoms with Gasteiger partial charge in [-0.05, 0) is 30.3 Å². The summed E-state index contributed by atoms with van der Waals surface area (Å²) < 4.78 is 2.67. The zero-order chi connectivity index (χ0) is 10.8. The molecule has 4 heteroatoms. The molecule has 0 N–H and O–H groups in total. The molecule has 1 heterocycles. The Bertz CT molecular complexity index is 507. The van der Waals surface area contributed by atoms with Gasteiger partial charge in [0.25, 0.3) is 0 Å². The van der Waals surface area contributed by atoms with Crippen molar-refractivity contribution in [3.05, 3.63) is 51.7 Å². The molecule has 0 spiro atoms. The molecule has 76 valence electrons. The van der Waals surface area contributed by atoms with Gasteiger partial charge in [-0.3, -0.25) is 4.79 Å². The number of hydrogen-bond acceptors (Lipinski definition) is 1. The fourth-order valence-corrected chi connectivity index (χ4v) is 1.94. The highest BCUT2D eigenvalue weighted by molar-refractivity contribution is 9.10. The van der Waals surface area contributed by atoms with Crippen molar-refractivity contribution in [2.45, 2.75) is 0 Å². The van der Waals surface area contributed by atoms with Gasteiger partial charge in [0, 0.05) is 10.7 Å². The highest BCUT2D eigenvalue weighted by Crippen LogP contribution is 2.25. The maximum atomic E-state index is 10.8. The van der Waals surface area contributed by atoms with E-state index in [9.17, 15) is 4.79 Å². The number of benzene rings is 1. The standard InChI is InChI=1S/C11H7BrClNO/c12-8-3-4-10(13)11(6-8)14-5-1-2-9(14)7-15/h1-7H. The normalized spacial score (nSPS) is 10.3. The summed E-state index contributed by atoms with van der Waals surface area (Å²) in [6, 6.07) is 9.06. The summed E-state index contributed by atoms with van der Waals surface area (Å²) in [5.74, 6) is 0. The minimum Gasteiger partial charge on any atom is -0.313 e. The van der Waals surface area contributed by atoms with Crippen LogP contribution < -0.4 is 0 Å². The van der Waals surface area contributed by atoms with Crippen LogP contribution in [0.15, 0.2) is 41.0 Å². The Morgan fingerprint density at radius 1 is 1.33 bits per heavy atom. The molecular weight excluding hydrogens is 277 g/mol. The van der Waals surface area contributed by atoms with Crippen LogP contribution >= 0.6 is 27.5 Å². The van der Waals surface area contributed by atoms with Gasteiger partial charge in [-0.2, -0.15) is 0 Å². The van der Waals surface area contributed by atoms with Crippen LogP contribution in [0.1, 0.15) is 10.5 Å². The molecule has 2 aromatic rings. The largest absolute Gasteiger partial charge is 0.313 e. The Labute approximate surface area is 101 Å². The summed E-state index contributed by atoms with van der Waals surface area (Å²) in [4.78, 5) is 10.8. The molecule has 0 radical (unpaired) electrons. The van der Waals surface area contributed by atoms with Gasteiger partial charge in [0.15, 0.2) is 6.29 Å². The van der Waals surface area contributed by atoms with Crippen molar-refractivity contribution in [2.24, 2.45) is 0 Å². The maximum absolute atomic E-state index is 10.8. The second-order valence-electron chi connectivity index (χ2n) is 3.02. The highest BCUT2D eigenvalue weighted by atomic mass is 79.9. The van der Waals surface area contributed by atoms with Gasteiger partial charge in [0.1, 0.15) is 0 Å². The molecule has 0 saturated carbocycles. The Morgan fingerprint density at radius 2 is 2.13 bits per heavy atom. The molecule has 1 aromatic heterocycles. The van der Waals surface area contributed by atoms with Gasteiger partial charge in [-0.15, -0.1) is 0 Å². The van der Waals surface area contributed by atoms with E-state index in [0.717, 1.165) is 16.4 Å². The summed E-state index contributed by atoms with van der Waals surface area (Å²) >= 11 is 9.43. The Morgan fingerprint density at radius 3 is 2.87 bits per heavy atom. The number of halogens is 2. The van der Waals surface area contributed by atoms with Crippen LogP contribution in [0.4, 0.5) is 0 Å². The zero-order valence-corrected chi connectivity index (χ0v) is 9.99. The highest BCUT2D eigenvalue weighted by Gasteiger charge is 2.06. The molecular formula is C11H7BrClNO. The van der Waals surface area contributed by atoms with Crippen LogP contribution in [0.2, 0.25) is 5.02 Å². The maximum Gasteiger partial charge on any atom is 0.166 e. The smallest absolute Gasteiger partial charge is 0.166 e. The summed E-state index contributed by atoms with van der Waals surface area (Å²) in [6.45, 7) is 0. The monoisotopic (exact) mass is 283 g/mol. The van der Waals surface area contributed by atoms with Gasteiger partial charge >= 0.3 is 0 Å². The van der Waals surface area contributed by atoms with Crippen molar-refractivity contribution in [1.82, 2.24) is 4.57 Å². The predicted octanol–water partition coefficient (Wildman–Crippen LogP) is 3.71. The number of nitrogens with zero attached hydrogens (tertiary/aromatic N) is 1. The average molecular weight is 285 g/mol. The van der Waals surface area contributed by atoms with Crippen LogP contribution in [-0.2, 0) is 0 Å². The van der Waals surface area contributed by atoms with E-state index >= 15 is 0 Å². The number of rotatable bonds is 2. The molecule has 0 amide bonds. The quantitative estimate of drug-likeness (QED) is 0.771. The Kier molecular flexibility index (Phi) is 2.93. The van der Waals surface area contributed by atoms with E-state index in [4.69, 9.17) is 11.6 Å². The third kappa shape index (κ3) is 1.98. The van der Waals surface area contributed by atoms with E-state index in [-0.39, 0.29) is 0 Å². The lowest BCUT2D eigenvalue weighted by atomic mass is 10.3. The minimum absolute atomic E-state index is 0.579. The van der Waals surface area contributed by atoms with E-state index in [0.29, 0.717) is 10.7 Å². The number of carbonyl (C=O) groups is 1. The summed E-state index contributed by atoms with van der Waals surface area (Å²) in [6.07, 6.45) is 2.61. The number of aldehydes is 1. The van der Waals surface area contributed by atoms with Gasteiger partial charge < -0.3 is 4.57 Å². The molecule has 2 nitrogen and oxygen atoms in total. The van der Waals surface area contributed by atoms with Crippen LogP contribution in [-0.4, -0.2) is 10.9 Å². The molecule has 2 rings (SSSR count). The lowest BCUT2D eigenvalue weighted by molar-refractivity contribution is 0.111. The second-order valence-corrected chi connectivity index (χ2v) is 4.34. The first-order chi connectivity index (χ1) is 7.22. The molecule has 15 heavy (non-hydrogen) atoms. The van der Waals surface area contributed by atoms with E-state index < -0.39 is 0 Å².